The second-order valence-electron chi connectivity index (χ2n) is 19.3. The van der Waals surface area contributed by atoms with Gasteiger partial charge in [0.2, 0.25) is 17.8 Å². The summed E-state index contributed by atoms with van der Waals surface area (Å²) in [6.07, 6.45) is 6.68. The van der Waals surface area contributed by atoms with E-state index >= 15 is 4.39 Å². The highest BCUT2D eigenvalue weighted by atomic mass is 35.5. The molecule has 0 bridgehead atoms. The minimum absolute atomic E-state index is 0.0245. The SMILES string of the molecule is CNC(=O)COc1cc2cc(Nc3nc(N4CCC(O[C@H]5C[C@H](N6CC[C@@H](c7ccc8c(c7F)CN([C@H]7CCC(=O)NC7=O)C8=O)C(C)(C)C6)C5)CC4)ncc3Cl)ccc2n(C(C)C)c1=O. The number of carbonyl (C=O) groups is 4. The summed E-state index contributed by atoms with van der Waals surface area (Å²) in [6.45, 7) is 11.1. The van der Waals surface area contributed by atoms with E-state index in [1.807, 2.05) is 32.0 Å². The molecule has 3 N–H and O–H groups in total. The summed E-state index contributed by atoms with van der Waals surface area (Å²) < 4.78 is 30.2. The molecule has 350 valence electrons. The molecule has 0 unspecified atom stereocenters. The van der Waals surface area contributed by atoms with E-state index in [0.29, 0.717) is 45.2 Å². The Morgan fingerprint density at radius 3 is 2.50 bits per heavy atom. The number of likely N-dealkylation sites (N-methyl/N-ethyl adjacent to an activating group) is 1. The second-order valence-corrected chi connectivity index (χ2v) is 19.7. The molecule has 0 spiro atoms. The molecule has 16 nitrogen and oxygen atoms in total. The van der Waals surface area contributed by atoms with Gasteiger partial charge in [-0.25, -0.2) is 9.37 Å². The molecule has 66 heavy (non-hydrogen) atoms. The van der Waals surface area contributed by atoms with E-state index in [0.717, 1.165) is 69.2 Å². The quantitative estimate of drug-likeness (QED) is 0.145. The third kappa shape index (κ3) is 8.84. The fourth-order valence-electron chi connectivity index (χ4n) is 10.6. The predicted octanol–water partition coefficient (Wildman–Crippen LogP) is 5.83. The van der Waals surface area contributed by atoms with E-state index < -0.39 is 11.9 Å². The van der Waals surface area contributed by atoms with Crippen molar-refractivity contribution >= 4 is 63.6 Å². The number of ether oxygens (including phenoxy) is 2. The molecule has 5 aliphatic rings. The Labute approximate surface area is 387 Å². The Balaban J connectivity index is 0.767. The number of nitrogens with zero attached hydrogens (tertiary/aromatic N) is 6. The van der Waals surface area contributed by atoms with Crippen LogP contribution in [0.5, 0.6) is 5.75 Å². The zero-order valence-corrected chi connectivity index (χ0v) is 38.8. The first kappa shape index (κ1) is 45.5. The normalized spacial score (nSPS) is 23.5. The van der Waals surface area contributed by atoms with Gasteiger partial charge in [-0.1, -0.05) is 31.5 Å². The van der Waals surface area contributed by atoms with Gasteiger partial charge in [0.05, 0.1) is 30.5 Å². The zero-order chi connectivity index (χ0) is 46.6. The number of pyridine rings is 1. The van der Waals surface area contributed by atoms with E-state index in [1.165, 1.54) is 11.9 Å². The number of benzene rings is 2. The fraction of sp³-hybridized carbons (Fsp3) is 0.521. The molecule has 4 aromatic rings. The minimum atomic E-state index is -0.782. The van der Waals surface area contributed by atoms with Gasteiger partial charge in [-0.3, -0.25) is 34.2 Å². The number of hydrogen-bond donors (Lipinski definition) is 3. The standard InChI is InChI=1S/C48H57ClFN9O7/c1-26(2)59-37-9-6-28(18-27(37)19-39(46(59)64)65-24-41(61)51-5)53-43-36(49)22-52-47(55-43)56-15-12-30(13-16-56)66-31-20-29(21-31)57-17-14-35(48(3,4)25-57)33-8-7-32-34(42(33)50)23-58(45(32)63)38-10-11-40(60)54-44(38)62/h6-9,18-19,22,26,29-31,35,38H,10-17,20-21,23-25H2,1-5H3,(H,51,61)(H,52,53,55)(H,54,60,62)/t29-,31-,35-,38-/m0/s1. The fourth-order valence-corrected chi connectivity index (χ4v) is 10.7. The Morgan fingerprint density at radius 1 is 1.02 bits per heavy atom. The maximum Gasteiger partial charge on any atom is 0.293 e. The number of imide groups is 1. The van der Waals surface area contributed by atoms with Gasteiger partial charge < -0.3 is 34.5 Å². The summed E-state index contributed by atoms with van der Waals surface area (Å²) in [6, 6.07) is 10.2. The first-order valence-corrected chi connectivity index (χ1v) is 23.4. The van der Waals surface area contributed by atoms with Gasteiger partial charge in [0.1, 0.15) is 16.9 Å². The maximum absolute atomic E-state index is 16.3. The Morgan fingerprint density at radius 2 is 1.79 bits per heavy atom. The van der Waals surface area contributed by atoms with E-state index in [4.69, 9.17) is 26.1 Å². The van der Waals surface area contributed by atoms with Crippen molar-refractivity contribution in [3.05, 3.63) is 80.5 Å². The van der Waals surface area contributed by atoms with Gasteiger partial charge in [-0.05, 0) is 106 Å². The summed E-state index contributed by atoms with van der Waals surface area (Å²) in [5, 5.41) is 9.25. The average Bonchev–Trinajstić information content (AvgIpc) is 3.60. The molecule has 4 fully saturated rings. The predicted molar refractivity (Wildman–Crippen MR) is 247 cm³/mol. The van der Waals surface area contributed by atoms with E-state index in [-0.39, 0.29) is 90.4 Å². The van der Waals surface area contributed by atoms with Crippen LogP contribution in [0.3, 0.4) is 0 Å². The van der Waals surface area contributed by atoms with Crippen LogP contribution in [0.1, 0.15) is 106 Å². The third-order valence-corrected chi connectivity index (χ3v) is 14.4. The molecule has 3 saturated heterocycles. The lowest BCUT2D eigenvalue weighted by Gasteiger charge is -2.51. The van der Waals surface area contributed by atoms with Gasteiger partial charge in [0.25, 0.3) is 17.4 Å². The highest BCUT2D eigenvalue weighted by Crippen LogP contribution is 2.47. The van der Waals surface area contributed by atoms with E-state index in [9.17, 15) is 24.0 Å². The number of carbonyl (C=O) groups excluding carboxylic acids is 4. The van der Waals surface area contributed by atoms with Crippen LogP contribution in [0, 0.1) is 11.2 Å². The average molecular weight is 926 g/mol. The number of aromatic nitrogens is 3. The van der Waals surface area contributed by atoms with Crippen LogP contribution >= 0.6 is 11.6 Å². The summed E-state index contributed by atoms with van der Waals surface area (Å²) in [4.78, 5) is 78.1. The Kier molecular flexibility index (Phi) is 12.6. The lowest BCUT2D eigenvalue weighted by atomic mass is 9.69. The monoisotopic (exact) mass is 925 g/mol. The summed E-state index contributed by atoms with van der Waals surface area (Å²) >= 11 is 6.61. The molecule has 1 aliphatic carbocycles. The zero-order valence-electron chi connectivity index (χ0n) is 38.0. The van der Waals surface area contributed by atoms with Gasteiger partial charge >= 0.3 is 0 Å². The second kappa shape index (κ2) is 18.2. The summed E-state index contributed by atoms with van der Waals surface area (Å²) in [5.74, 6) is -0.846. The van der Waals surface area contributed by atoms with Crippen molar-refractivity contribution in [2.45, 2.75) is 115 Å². The number of piperidine rings is 3. The number of hydrogen-bond acceptors (Lipinski definition) is 12. The largest absolute Gasteiger partial charge is 0.478 e. The van der Waals surface area contributed by atoms with Crippen LogP contribution in [0.25, 0.3) is 10.9 Å². The molecule has 4 aliphatic heterocycles. The van der Waals surface area contributed by atoms with Crippen LogP contribution in [0.15, 0.2) is 47.4 Å². The van der Waals surface area contributed by atoms with E-state index in [2.05, 4.69) is 44.6 Å². The molecule has 18 heteroatoms. The molecule has 4 amide bonds. The van der Waals surface area contributed by atoms with Crippen LogP contribution in [-0.2, 0) is 25.7 Å². The van der Waals surface area contributed by atoms with Gasteiger partial charge in [-0.2, -0.15) is 4.98 Å². The first-order valence-electron chi connectivity index (χ1n) is 23.0. The van der Waals surface area contributed by atoms with Crippen molar-refractivity contribution in [3.63, 3.8) is 0 Å². The minimum Gasteiger partial charge on any atom is -0.478 e. The number of amides is 4. The summed E-state index contributed by atoms with van der Waals surface area (Å²) in [7, 11) is 1.51. The first-order chi connectivity index (χ1) is 31.6. The van der Waals surface area contributed by atoms with Crippen molar-refractivity contribution in [2.75, 3.05) is 50.1 Å². The molecule has 1 saturated carbocycles. The number of anilines is 3. The molecule has 0 radical (unpaired) electrons. The van der Waals surface area contributed by atoms with Crippen LogP contribution in [0.4, 0.5) is 21.8 Å². The lowest BCUT2D eigenvalue weighted by Crippen LogP contribution is -2.55. The molecule has 9 rings (SSSR count). The van der Waals surface area contributed by atoms with Gasteiger partial charge in [0.15, 0.2) is 18.2 Å². The number of rotatable bonds is 12. The van der Waals surface area contributed by atoms with Gasteiger partial charge in [0, 0.05) is 67.4 Å². The number of nitrogens with one attached hydrogen (secondary N) is 3. The molecular weight excluding hydrogens is 869 g/mol. The van der Waals surface area contributed by atoms with Gasteiger partial charge in [-0.15, -0.1) is 0 Å². The molecule has 6 heterocycles. The van der Waals surface area contributed by atoms with Crippen LogP contribution in [-0.4, -0.2) is 112 Å². The smallest absolute Gasteiger partial charge is 0.293 e. The number of halogens is 2. The van der Waals surface area contributed by atoms with Crippen molar-refractivity contribution in [2.24, 2.45) is 5.41 Å². The number of likely N-dealkylation sites (tertiary alicyclic amines) is 1. The van der Waals surface area contributed by atoms with Crippen molar-refractivity contribution < 1.29 is 33.0 Å². The van der Waals surface area contributed by atoms with Crippen LogP contribution < -0.4 is 31.1 Å². The molecule has 2 aromatic carbocycles. The molecule has 2 atom stereocenters. The maximum atomic E-state index is 16.3. The van der Waals surface area contributed by atoms with Crippen LogP contribution in [0.2, 0.25) is 5.02 Å². The lowest BCUT2D eigenvalue weighted by molar-refractivity contribution is -0.137. The topological polar surface area (TPSA) is 180 Å². The van der Waals surface area contributed by atoms with Crippen molar-refractivity contribution in [1.29, 1.82) is 0 Å². The highest BCUT2D eigenvalue weighted by Gasteiger charge is 2.46. The van der Waals surface area contributed by atoms with Crippen molar-refractivity contribution in [1.82, 2.24) is 35.0 Å². The molecule has 2 aromatic heterocycles. The Bertz CT molecular complexity index is 2640. The summed E-state index contributed by atoms with van der Waals surface area (Å²) in [5.41, 5.74) is 2.16. The molecular formula is C48H57ClFN9O7. The Hall–Kier alpha value is -5.65. The van der Waals surface area contributed by atoms with E-state index in [1.54, 1.807) is 29.0 Å². The van der Waals surface area contributed by atoms with Crippen molar-refractivity contribution in [3.8, 4) is 5.75 Å². The highest BCUT2D eigenvalue weighted by molar-refractivity contribution is 6.33. The third-order valence-electron chi connectivity index (χ3n) is 14.2. The number of fused-ring (bicyclic) bond motifs is 2.